The fraction of sp³-hybridized carbons (Fsp3) is 0.0714. The topological polar surface area (TPSA) is 81.8 Å². The Labute approximate surface area is 124 Å². The number of nitrogen functional groups attached to an aromatic ring is 1. The van der Waals surface area contributed by atoms with E-state index in [1.165, 1.54) is 12.1 Å². The number of rotatable bonds is 4. The van der Waals surface area contributed by atoms with Crippen LogP contribution in [0.2, 0.25) is 0 Å². The highest BCUT2D eigenvalue weighted by molar-refractivity contribution is 9.10. The molecule has 0 saturated carbocycles. The minimum absolute atomic E-state index is 0.00715. The zero-order valence-electron chi connectivity index (χ0n) is 10.6. The Kier molecular flexibility index (Phi) is 4.14. The van der Waals surface area contributed by atoms with Crippen molar-refractivity contribution in [2.75, 3.05) is 12.8 Å². The molecule has 0 amide bonds. The highest BCUT2D eigenvalue weighted by Gasteiger charge is 2.14. The van der Waals surface area contributed by atoms with Crippen molar-refractivity contribution in [3.05, 3.63) is 46.4 Å². The van der Waals surface area contributed by atoms with E-state index >= 15 is 0 Å². The highest BCUT2D eigenvalue weighted by atomic mass is 79.9. The first-order valence-electron chi connectivity index (χ1n) is 5.65. The number of carbonyl (C=O) groups is 1. The Balaban J connectivity index is 2.37. The number of aromatic carboxylic acids is 1. The summed E-state index contributed by atoms with van der Waals surface area (Å²) < 4.78 is 11.4. The van der Waals surface area contributed by atoms with Crippen LogP contribution >= 0.6 is 15.9 Å². The zero-order valence-corrected chi connectivity index (χ0v) is 12.2. The third-order valence-electron chi connectivity index (χ3n) is 2.59. The molecule has 20 heavy (non-hydrogen) atoms. The van der Waals surface area contributed by atoms with E-state index in [1.807, 2.05) is 0 Å². The van der Waals surface area contributed by atoms with Crippen molar-refractivity contribution in [2.24, 2.45) is 0 Å². The van der Waals surface area contributed by atoms with Gasteiger partial charge in [-0.2, -0.15) is 0 Å². The zero-order chi connectivity index (χ0) is 14.7. The molecule has 6 heteroatoms. The van der Waals surface area contributed by atoms with E-state index in [2.05, 4.69) is 15.9 Å². The van der Waals surface area contributed by atoms with Crippen LogP contribution in [-0.2, 0) is 0 Å². The summed E-state index contributed by atoms with van der Waals surface area (Å²) in [6, 6.07) is 9.60. The molecule has 5 nitrogen and oxygen atoms in total. The summed E-state index contributed by atoms with van der Waals surface area (Å²) in [5.41, 5.74) is 5.95. The van der Waals surface area contributed by atoms with Crippen molar-refractivity contribution in [1.82, 2.24) is 0 Å². The summed E-state index contributed by atoms with van der Waals surface area (Å²) in [4.78, 5) is 11.2. The molecule has 0 fully saturated rings. The van der Waals surface area contributed by atoms with E-state index in [-0.39, 0.29) is 11.3 Å². The van der Waals surface area contributed by atoms with E-state index in [0.717, 1.165) is 0 Å². The first-order chi connectivity index (χ1) is 9.51. The van der Waals surface area contributed by atoms with Crippen LogP contribution in [0.5, 0.6) is 17.2 Å². The van der Waals surface area contributed by atoms with Gasteiger partial charge >= 0.3 is 5.97 Å². The van der Waals surface area contributed by atoms with Crippen molar-refractivity contribution >= 4 is 27.6 Å². The van der Waals surface area contributed by atoms with Crippen LogP contribution < -0.4 is 15.2 Å². The van der Waals surface area contributed by atoms with Crippen molar-refractivity contribution in [3.8, 4) is 17.2 Å². The van der Waals surface area contributed by atoms with Crippen molar-refractivity contribution in [1.29, 1.82) is 0 Å². The number of halogens is 1. The maximum Gasteiger partial charge on any atom is 0.339 e. The summed E-state index contributed by atoms with van der Waals surface area (Å²) in [5, 5.41) is 9.15. The lowest BCUT2D eigenvalue weighted by atomic mass is 10.2. The second-order valence-corrected chi connectivity index (χ2v) is 4.81. The van der Waals surface area contributed by atoms with Crippen LogP contribution in [0.15, 0.2) is 40.9 Å². The van der Waals surface area contributed by atoms with Crippen LogP contribution in [0.3, 0.4) is 0 Å². The van der Waals surface area contributed by atoms with Gasteiger partial charge in [-0.05, 0) is 52.3 Å². The van der Waals surface area contributed by atoms with Gasteiger partial charge in [0, 0.05) is 5.69 Å². The largest absolute Gasteiger partial charge is 0.497 e. The van der Waals surface area contributed by atoms with Crippen molar-refractivity contribution < 1.29 is 19.4 Å². The van der Waals surface area contributed by atoms with E-state index in [0.29, 0.717) is 21.7 Å². The molecule has 0 radical (unpaired) electrons. The Morgan fingerprint density at radius 1 is 1.20 bits per heavy atom. The number of anilines is 1. The number of methoxy groups -OCH3 is 1. The molecule has 2 aromatic carbocycles. The van der Waals surface area contributed by atoms with Crippen LogP contribution in [0.25, 0.3) is 0 Å². The van der Waals surface area contributed by atoms with Crippen LogP contribution in [0.4, 0.5) is 5.69 Å². The lowest BCUT2D eigenvalue weighted by Gasteiger charge is -2.11. The molecule has 0 heterocycles. The monoisotopic (exact) mass is 337 g/mol. The maximum absolute atomic E-state index is 11.2. The molecule has 0 saturated heterocycles. The van der Waals surface area contributed by atoms with Crippen LogP contribution in [0, 0.1) is 0 Å². The van der Waals surface area contributed by atoms with Gasteiger partial charge < -0.3 is 20.3 Å². The quantitative estimate of drug-likeness (QED) is 0.834. The molecule has 0 aliphatic heterocycles. The minimum Gasteiger partial charge on any atom is -0.497 e. The Morgan fingerprint density at radius 3 is 2.50 bits per heavy atom. The van der Waals surface area contributed by atoms with Gasteiger partial charge in [0.1, 0.15) is 22.8 Å². The maximum atomic E-state index is 11.2. The predicted octanol–water partition coefficient (Wildman–Crippen LogP) is 3.53. The number of nitrogens with two attached hydrogens (primary N) is 1. The number of carboxylic acid groups (broad SMARTS) is 1. The minimum atomic E-state index is -1.10. The third-order valence-corrected chi connectivity index (χ3v) is 3.21. The van der Waals surface area contributed by atoms with Gasteiger partial charge in [0.25, 0.3) is 0 Å². The normalized spacial score (nSPS) is 10.1. The molecule has 0 aliphatic rings. The fourth-order valence-electron chi connectivity index (χ4n) is 1.61. The molecule has 0 bridgehead atoms. The van der Waals surface area contributed by atoms with Gasteiger partial charge in [0.05, 0.1) is 11.6 Å². The van der Waals surface area contributed by atoms with Crippen LogP contribution in [0.1, 0.15) is 10.4 Å². The molecule has 3 N–H and O–H groups in total. The van der Waals surface area contributed by atoms with E-state index in [9.17, 15) is 4.79 Å². The number of ether oxygens (including phenoxy) is 2. The van der Waals surface area contributed by atoms with Gasteiger partial charge in [-0.1, -0.05) is 0 Å². The van der Waals surface area contributed by atoms with Crippen LogP contribution in [-0.4, -0.2) is 18.2 Å². The second-order valence-electron chi connectivity index (χ2n) is 3.96. The molecule has 0 atom stereocenters. The Bertz CT molecular complexity index is 658. The smallest absolute Gasteiger partial charge is 0.339 e. The summed E-state index contributed by atoms with van der Waals surface area (Å²) in [6.45, 7) is 0. The first-order valence-corrected chi connectivity index (χ1v) is 6.45. The number of carboxylic acids is 1. The molecule has 2 rings (SSSR count). The Hall–Kier alpha value is -2.21. The van der Waals surface area contributed by atoms with Gasteiger partial charge in [-0.15, -0.1) is 0 Å². The summed E-state index contributed by atoms with van der Waals surface area (Å²) in [7, 11) is 1.56. The molecular weight excluding hydrogens is 326 g/mol. The second kappa shape index (κ2) is 5.83. The summed E-state index contributed by atoms with van der Waals surface area (Å²) in [5.74, 6) is 0.271. The van der Waals surface area contributed by atoms with E-state index < -0.39 is 5.97 Å². The number of hydrogen-bond donors (Lipinski definition) is 2. The lowest BCUT2D eigenvalue weighted by Crippen LogP contribution is -2.01. The standard InChI is InChI=1S/C14H12BrNO4/c1-19-9-3-5-13(11(15)7-9)20-12-4-2-8(16)6-10(12)14(17)18/h2-7H,16H2,1H3,(H,17,18). The van der Waals surface area contributed by atoms with Gasteiger partial charge in [0.2, 0.25) is 0 Å². The fourth-order valence-corrected chi connectivity index (χ4v) is 2.05. The molecule has 0 aromatic heterocycles. The molecular formula is C14H12BrNO4. The van der Waals surface area contributed by atoms with E-state index in [4.69, 9.17) is 20.3 Å². The van der Waals surface area contributed by atoms with E-state index in [1.54, 1.807) is 31.4 Å². The van der Waals surface area contributed by atoms with Gasteiger partial charge in [-0.25, -0.2) is 4.79 Å². The SMILES string of the molecule is COc1ccc(Oc2ccc(N)cc2C(=O)O)c(Br)c1. The molecule has 0 aliphatic carbocycles. The Morgan fingerprint density at radius 2 is 1.90 bits per heavy atom. The number of hydrogen-bond acceptors (Lipinski definition) is 4. The summed E-state index contributed by atoms with van der Waals surface area (Å²) in [6.07, 6.45) is 0. The first kappa shape index (κ1) is 14.2. The molecule has 0 unspecified atom stereocenters. The molecule has 104 valence electrons. The number of benzene rings is 2. The average Bonchev–Trinajstić information content (AvgIpc) is 2.42. The van der Waals surface area contributed by atoms with Crippen molar-refractivity contribution in [2.45, 2.75) is 0 Å². The van der Waals surface area contributed by atoms with Gasteiger partial charge in [0.15, 0.2) is 0 Å². The molecule has 0 spiro atoms. The average molecular weight is 338 g/mol. The van der Waals surface area contributed by atoms with Gasteiger partial charge in [-0.3, -0.25) is 0 Å². The molecule has 2 aromatic rings. The lowest BCUT2D eigenvalue weighted by molar-refractivity contribution is 0.0694. The summed E-state index contributed by atoms with van der Waals surface area (Å²) >= 11 is 3.34. The third kappa shape index (κ3) is 3.03. The highest BCUT2D eigenvalue weighted by Crippen LogP contribution is 2.34. The predicted molar refractivity (Wildman–Crippen MR) is 78.6 cm³/mol. The van der Waals surface area contributed by atoms with Crippen molar-refractivity contribution in [3.63, 3.8) is 0 Å².